The summed E-state index contributed by atoms with van der Waals surface area (Å²) in [6.45, 7) is -2.23. The molecule has 0 radical (unpaired) electrons. The van der Waals surface area contributed by atoms with Gasteiger partial charge >= 0.3 is 0 Å². The van der Waals surface area contributed by atoms with Crippen molar-refractivity contribution in [3.05, 3.63) is 0 Å². The van der Waals surface area contributed by atoms with Crippen LogP contribution in [-0.2, 0) is 19.1 Å². The minimum Gasteiger partial charge on any atom is -0.394 e. The second kappa shape index (κ2) is 9.31. The van der Waals surface area contributed by atoms with E-state index in [-0.39, 0.29) is 17.4 Å². The number of ether oxygens (including phenoxy) is 3. The van der Waals surface area contributed by atoms with Gasteiger partial charge < -0.3 is 50.0 Å². The quantitative estimate of drug-likeness (QED) is 0.122. The molecule has 8 N–H and O–H groups in total. The van der Waals surface area contributed by atoms with Gasteiger partial charge in [0.2, 0.25) is 5.79 Å². The fourth-order valence-corrected chi connectivity index (χ4v) is 2.69. The van der Waals surface area contributed by atoms with E-state index in [2.05, 4.69) is 4.89 Å². The lowest BCUT2D eigenvalue weighted by Gasteiger charge is -2.43. The van der Waals surface area contributed by atoms with Crippen molar-refractivity contribution in [1.29, 1.82) is 0 Å². The summed E-state index contributed by atoms with van der Waals surface area (Å²) in [5.74, 6) is -2.24. The molecular weight excluding hydrogens is 363 g/mol. The Morgan fingerprint density at radius 3 is 2.00 bits per heavy atom. The number of rotatable bonds is 6. The Labute approximate surface area is 152 Å². The van der Waals surface area contributed by atoms with E-state index in [0.29, 0.717) is 0 Å². The van der Waals surface area contributed by atoms with Crippen LogP contribution < -0.4 is 0 Å². The maximum absolute atomic E-state index is 10.0. The van der Waals surface area contributed by atoms with E-state index in [1.165, 1.54) is 0 Å². The van der Waals surface area contributed by atoms with Gasteiger partial charge in [0.05, 0.1) is 6.61 Å². The first-order valence-electron chi connectivity index (χ1n) is 7.20. The number of aliphatic hydroxyl groups is 7. The zero-order chi connectivity index (χ0) is 18.1. The first-order valence-corrected chi connectivity index (χ1v) is 7.20. The average molecular weight is 388 g/mol. The summed E-state index contributed by atoms with van der Waals surface area (Å²) in [6.07, 6.45) is -12.8. The summed E-state index contributed by atoms with van der Waals surface area (Å²) < 4.78 is 15.5. The standard InChI is InChI=1S/C12H22O12.Al.3H/c13-1-4-7(16)10(19)12(3-14,23-4)24-11-9(18)8(17)6(15)5(22-11)2-21-20;;;;/h4-11,13-20H,1-3H2;;;;/t4-,5-,6-,7-,8+,9-,10+,11-,12+;;;;/m1..../s1. The van der Waals surface area contributed by atoms with Gasteiger partial charge in [-0.1, -0.05) is 0 Å². The molecule has 0 aliphatic carbocycles. The van der Waals surface area contributed by atoms with Gasteiger partial charge in [0.15, 0.2) is 23.7 Å². The van der Waals surface area contributed by atoms with Crippen LogP contribution in [0, 0.1) is 0 Å². The van der Waals surface area contributed by atoms with Crippen molar-refractivity contribution in [1.82, 2.24) is 0 Å². The van der Waals surface area contributed by atoms with Crippen LogP contribution in [0.5, 0.6) is 0 Å². The Bertz CT molecular complexity index is 416. The number of hydrogen-bond donors (Lipinski definition) is 8. The van der Waals surface area contributed by atoms with Crippen molar-refractivity contribution >= 4 is 17.4 Å². The van der Waals surface area contributed by atoms with Gasteiger partial charge in [-0.3, -0.25) is 5.26 Å². The molecule has 0 aromatic heterocycles. The van der Waals surface area contributed by atoms with Gasteiger partial charge in [0.1, 0.15) is 55.9 Å². The van der Waals surface area contributed by atoms with Crippen LogP contribution in [0.15, 0.2) is 0 Å². The smallest absolute Gasteiger partial charge is 0.224 e. The second-order valence-electron chi connectivity index (χ2n) is 5.67. The van der Waals surface area contributed by atoms with Crippen LogP contribution in [-0.4, -0.2) is 133 Å². The van der Waals surface area contributed by atoms with Gasteiger partial charge in [-0.15, -0.1) is 0 Å². The van der Waals surface area contributed by atoms with Crippen molar-refractivity contribution in [3.63, 3.8) is 0 Å². The Hall–Kier alpha value is 0.0525. The predicted molar refractivity (Wildman–Crippen MR) is 80.1 cm³/mol. The summed E-state index contributed by atoms with van der Waals surface area (Å²) in [5.41, 5.74) is 0. The highest BCUT2D eigenvalue weighted by atomic mass is 27.0. The highest BCUT2D eigenvalue weighted by Crippen LogP contribution is 2.35. The molecule has 2 fully saturated rings. The van der Waals surface area contributed by atoms with Crippen molar-refractivity contribution in [2.75, 3.05) is 19.8 Å². The molecule has 2 rings (SSSR count). The monoisotopic (exact) mass is 388 g/mol. The predicted octanol–water partition coefficient (Wildman–Crippen LogP) is -6.08. The van der Waals surface area contributed by atoms with Crippen LogP contribution in [0.2, 0.25) is 0 Å². The molecule has 12 nitrogen and oxygen atoms in total. The van der Waals surface area contributed by atoms with E-state index in [1.54, 1.807) is 0 Å². The van der Waals surface area contributed by atoms with Crippen molar-refractivity contribution in [2.45, 2.75) is 54.8 Å². The van der Waals surface area contributed by atoms with Crippen LogP contribution in [0.4, 0.5) is 0 Å². The SMILES string of the molecule is OC[C@H]1O[C@@](CO)(O[C@H]2O[C@H](COO)[C@@H](O)[C@H](O)[C@H]2O)[C@@H](O)[C@@H]1O.[AlH3]. The lowest BCUT2D eigenvalue weighted by Crippen LogP contribution is -2.62. The van der Waals surface area contributed by atoms with Crippen LogP contribution >= 0.6 is 0 Å². The third kappa shape index (κ3) is 4.32. The van der Waals surface area contributed by atoms with E-state index in [4.69, 9.17) is 24.6 Å². The first-order chi connectivity index (χ1) is 11.3. The van der Waals surface area contributed by atoms with E-state index >= 15 is 0 Å². The fourth-order valence-electron chi connectivity index (χ4n) is 2.69. The molecule has 0 saturated carbocycles. The molecule has 13 heteroatoms. The van der Waals surface area contributed by atoms with E-state index in [1.807, 2.05) is 0 Å². The maximum atomic E-state index is 10.0. The van der Waals surface area contributed by atoms with E-state index in [0.717, 1.165) is 0 Å². The third-order valence-corrected chi connectivity index (χ3v) is 4.13. The summed E-state index contributed by atoms with van der Waals surface area (Å²) in [6, 6.07) is 0. The molecule has 0 unspecified atom stereocenters. The summed E-state index contributed by atoms with van der Waals surface area (Å²) in [4.78, 5) is 3.84. The minimum atomic E-state index is -2.24. The van der Waals surface area contributed by atoms with Crippen molar-refractivity contribution in [2.24, 2.45) is 0 Å². The zero-order valence-electron chi connectivity index (χ0n) is 12.5. The summed E-state index contributed by atoms with van der Waals surface area (Å²) >= 11 is 0. The van der Waals surface area contributed by atoms with Gasteiger partial charge in [-0.05, 0) is 0 Å². The topological polar surface area (TPSA) is 199 Å². The Morgan fingerprint density at radius 1 is 0.880 bits per heavy atom. The number of aliphatic hydroxyl groups excluding tert-OH is 7. The van der Waals surface area contributed by atoms with Crippen LogP contribution in [0.3, 0.4) is 0 Å². The second-order valence-corrected chi connectivity index (χ2v) is 5.67. The molecule has 0 aromatic carbocycles. The van der Waals surface area contributed by atoms with E-state index in [9.17, 15) is 30.6 Å². The summed E-state index contributed by atoms with van der Waals surface area (Å²) in [7, 11) is 0. The molecule has 0 aromatic rings. The minimum absolute atomic E-state index is 0. The van der Waals surface area contributed by atoms with Gasteiger partial charge in [-0.25, -0.2) is 4.89 Å². The Morgan fingerprint density at radius 2 is 1.52 bits per heavy atom. The lowest BCUT2D eigenvalue weighted by molar-refractivity contribution is -0.391. The molecule has 2 aliphatic rings. The van der Waals surface area contributed by atoms with Crippen molar-refractivity contribution in [3.8, 4) is 0 Å². The maximum Gasteiger partial charge on any atom is 0.224 e. The van der Waals surface area contributed by atoms with Gasteiger partial charge in [0, 0.05) is 0 Å². The molecular formula is C12H25AlO12. The summed E-state index contributed by atoms with van der Waals surface area (Å²) in [5, 5.41) is 76.3. The largest absolute Gasteiger partial charge is 0.394 e. The average Bonchev–Trinajstić information content (AvgIpc) is 2.82. The molecule has 9 atom stereocenters. The first kappa shape index (κ1) is 23.1. The molecule has 0 bridgehead atoms. The van der Waals surface area contributed by atoms with Gasteiger partial charge in [-0.2, -0.15) is 0 Å². The van der Waals surface area contributed by atoms with E-state index < -0.39 is 74.6 Å². The van der Waals surface area contributed by atoms with Gasteiger partial charge in [0.25, 0.3) is 0 Å². The molecule has 2 aliphatic heterocycles. The number of hydrogen-bond acceptors (Lipinski definition) is 12. The molecule has 148 valence electrons. The van der Waals surface area contributed by atoms with Crippen LogP contribution in [0.25, 0.3) is 0 Å². The molecule has 2 heterocycles. The Balaban J connectivity index is 0.00000312. The molecule has 0 amide bonds. The van der Waals surface area contributed by atoms with Crippen molar-refractivity contribution < 1.29 is 60.1 Å². The highest BCUT2D eigenvalue weighted by molar-refractivity contribution is 5.75. The highest BCUT2D eigenvalue weighted by Gasteiger charge is 2.58. The molecule has 2 saturated heterocycles. The fraction of sp³-hybridized carbons (Fsp3) is 1.00. The lowest BCUT2D eigenvalue weighted by atomic mass is 9.99. The molecule has 0 spiro atoms. The normalized spacial score (nSPS) is 47.5. The third-order valence-electron chi connectivity index (χ3n) is 4.13. The van der Waals surface area contributed by atoms with Crippen LogP contribution in [0.1, 0.15) is 0 Å². The Kier molecular flexibility index (Phi) is 8.60. The molecule has 25 heavy (non-hydrogen) atoms. The zero-order valence-corrected chi connectivity index (χ0v) is 12.5.